The van der Waals surface area contributed by atoms with E-state index in [-0.39, 0.29) is 11.8 Å². The van der Waals surface area contributed by atoms with Gasteiger partial charge in [0.15, 0.2) is 0 Å². The zero-order valence-corrected chi connectivity index (χ0v) is 18.4. The Kier molecular flexibility index (Phi) is 6.67. The van der Waals surface area contributed by atoms with Crippen molar-refractivity contribution in [2.75, 3.05) is 59.0 Å². The topological polar surface area (TPSA) is 70.9 Å². The molecule has 0 spiro atoms. The molecular formula is C23H31N5O3. The zero-order chi connectivity index (χ0) is 21.8. The van der Waals surface area contributed by atoms with E-state index in [4.69, 9.17) is 4.74 Å². The molecule has 0 saturated carbocycles. The summed E-state index contributed by atoms with van der Waals surface area (Å²) in [6.45, 7) is 9.75. The van der Waals surface area contributed by atoms with E-state index in [9.17, 15) is 9.59 Å². The number of aryl methyl sites for hydroxylation is 1. The van der Waals surface area contributed by atoms with Gasteiger partial charge in [-0.15, -0.1) is 0 Å². The van der Waals surface area contributed by atoms with Crippen LogP contribution in [0.4, 0.5) is 0 Å². The van der Waals surface area contributed by atoms with Crippen molar-refractivity contribution >= 4 is 11.8 Å². The highest BCUT2D eigenvalue weighted by Crippen LogP contribution is 2.19. The Labute approximate surface area is 183 Å². The van der Waals surface area contributed by atoms with Crippen LogP contribution in [-0.2, 0) is 20.7 Å². The monoisotopic (exact) mass is 425 g/mol. The van der Waals surface area contributed by atoms with E-state index in [0.29, 0.717) is 52.4 Å². The number of nitrogens with zero attached hydrogens (tertiary/aromatic N) is 5. The number of hydrogen-bond acceptors (Lipinski definition) is 5. The highest BCUT2D eigenvalue weighted by Gasteiger charge is 2.27. The van der Waals surface area contributed by atoms with E-state index in [2.05, 4.69) is 10.00 Å². The first-order valence-electron chi connectivity index (χ1n) is 11.0. The molecule has 0 radical (unpaired) electrons. The number of carbonyl (C=O) groups excluding carboxylic acids is 2. The van der Waals surface area contributed by atoms with Crippen LogP contribution in [0.5, 0.6) is 0 Å². The normalized spacial score (nSPS) is 17.7. The van der Waals surface area contributed by atoms with Crippen LogP contribution in [0, 0.1) is 13.8 Å². The van der Waals surface area contributed by atoms with Gasteiger partial charge < -0.3 is 14.5 Å². The van der Waals surface area contributed by atoms with Gasteiger partial charge >= 0.3 is 0 Å². The summed E-state index contributed by atoms with van der Waals surface area (Å²) in [6, 6.07) is 9.97. The third kappa shape index (κ3) is 4.97. The van der Waals surface area contributed by atoms with Crippen molar-refractivity contribution in [3.05, 3.63) is 47.3 Å². The second kappa shape index (κ2) is 9.62. The molecule has 2 aliphatic rings. The van der Waals surface area contributed by atoms with Crippen molar-refractivity contribution in [1.29, 1.82) is 0 Å². The number of aromatic nitrogens is 2. The van der Waals surface area contributed by atoms with Gasteiger partial charge in [-0.05, 0) is 26.0 Å². The van der Waals surface area contributed by atoms with Crippen LogP contribution in [0.15, 0.2) is 30.3 Å². The van der Waals surface area contributed by atoms with E-state index >= 15 is 0 Å². The number of morpholine rings is 1. The smallest absolute Gasteiger partial charge is 0.236 e. The molecule has 0 N–H and O–H groups in total. The van der Waals surface area contributed by atoms with E-state index in [1.165, 1.54) is 0 Å². The quantitative estimate of drug-likeness (QED) is 0.716. The summed E-state index contributed by atoms with van der Waals surface area (Å²) in [6.07, 6.45) is 0.340. The summed E-state index contributed by atoms with van der Waals surface area (Å²) in [4.78, 5) is 31.5. The number of benzene rings is 1. The van der Waals surface area contributed by atoms with E-state index in [0.717, 1.165) is 35.7 Å². The highest BCUT2D eigenvalue weighted by atomic mass is 16.5. The Morgan fingerprint density at radius 3 is 2.16 bits per heavy atom. The summed E-state index contributed by atoms with van der Waals surface area (Å²) in [5, 5.41) is 4.65. The predicted molar refractivity (Wildman–Crippen MR) is 117 cm³/mol. The summed E-state index contributed by atoms with van der Waals surface area (Å²) in [5.74, 6) is 0.240. The largest absolute Gasteiger partial charge is 0.379 e. The van der Waals surface area contributed by atoms with Crippen LogP contribution < -0.4 is 0 Å². The maximum Gasteiger partial charge on any atom is 0.236 e. The fourth-order valence-electron chi connectivity index (χ4n) is 4.27. The van der Waals surface area contributed by atoms with Crippen molar-refractivity contribution in [1.82, 2.24) is 24.5 Å². The fraction of sp³-hybridized carbons (Fsp3) is 0.522. The molecule has 8 nitrogen and oxygen atoms in total. The lowest BCUT2D eigenvalue weighted by Gasteiger charge is -2.36. The lowest BCUT2D eigenvalue weighted by atomic mass is 10.1. The lowest BCUT2D eigenvalue weighted by molar-refractivity contribution is -0.140. The third-order valence-electron chi connectivity index (χ3n) is 6.22. The Hall–Kier alpha value is -2.71. The van der Waals surface area contributed by atoms with Crippen molar-refractivity contribution in [3.63, 3.8) is 0 Å². The van der Waals surface area contributed by atoms with E-state index < -0.39 is 0 Å². The molecule has 2 fully saturated rings. The Morgan fingerprint density at radius 2 is 1.52 bits per heavy atom. The van der Waals surface area contributed by atoms with E-state index in [1.54, 1.807) is 0 Å². The molecule has 2 aromatic rings. The fourth-order valence-corrected chi connectivity index (χ4v) is 4.27. The minimum Gasteiger partial charge on any atom is -0.379 e. The first kappa shape index (κ1) is 21.5. The number of para-hydroxylation sites is 1. The molecule has 4 rings (SSSR count). The second-order valence-electron chi connectivity index (χ2n) is 8.22. The van der Waals surface area contributed by atoms with Crippen molar-refractivity contribution in [2.24, 2.45) is 0 Å². The maximum absolute atomic E-state index is 13.0. The molecule has 8 heteroatoms. The van der Waals surface area contributed by atoms with Crippen LogP contribution in [0.1, 0.15) is 17.0 Å². The van der Waals surface area contributed by atoms with Gasteiger partial charge in [0.1, 0.15) is 0 Å². The van der Waals surface area contributed by atoms with Gasteiger partial charge in [-0.2, -0.15) is 5.10 Å². The minimum atomic E-state index is 0.0964. The molecule has 31 heavy (non-hydrogen) atoms. The number of piperazine rings is 1. The van der Waals surface area contributed by atoms with E-state index in [1.807, 2.05) is 58.7 Å². The van der Waals surface area contributed by atoms with Gasteiger partial charge in [0.2, 0.25) is 11.8 Å². The molecule has 2 saturated heterocycles. The first-order valence-corrected chi connectivity index (χ1v) is 11.0. The molecule has 0 atom stereocenters. The molecule has 3 heterocycles. The van der Waals surface area contributed by atoms with Gasteiger partial charge in [0.25, 0.3) is 0 Å². The molecule has 1 aromatic carbocycles. The van der Waals surface area contributed by atoms with Crippen LogP contribution in [0.3, 0.4) is 0 Å². The maximum atomic E-state index is 13.0. The van der Waals surface area contributed by atoms with Crippen LogP contribution in [-0.4, -0.2) is 95.3 Å². The molecule has 166 valence electrons. The molecular weight excluding hydrogens is 394 g/mol. The summed E-state index contributed by atoms with van der Waals surface area (Å²) in [5.41, 5.74) is 3.86. The van der Waals surface area contributed by atoms with Crippen LogP contribution >= 0.6 is 0 Å². The zero-order valence-electron chi connectivity index (χ0n) is 18.4. The van der Waals surface area contributed by atoms with Crippen LogP contribution in [0.2, 0.25) is 0 Å². The lowest BCUT2D eigenvalue weighted by Crippen LogP contribution is -2.53. The summed E-state index contributed by atoms with van der Waals surface area (Å²) in [7, 11) is 0. The van der Waals surface area contributed by atoms with Crippen molar-refractivity contribution in [3.8, 4) is 5.69 Å². The number of amides is 2. The average Bonchev–Trinajstić information content (AvgIpc) is 3.08. The SMILES string of the molecule is Cc1nn(-c2ccccc2)c(C)c1CC(=O)N1CCN(C(=O)CN2CCOCC2)CC1. The van der Waals surface area contributed by atoms with Crippen molar-refractivity contribution < 1.29 is 14.3 Å². The molecule has 2 aliphatic heterocycles. The Morgan fingerprint density at radius 1 is 0.903 bits per heavy atom. The third-order valence-corrected chi connectivity index (χ3v) is 6.22. The number of ether oxygens (including phenoxy) is 1. The van der Waals surface area contributed by atoms with Gasteiger partial charge in [-0.3, -0.25) is 14.5 Å². The van der Waals surface area contributed by atoms with Gasteiger partial charge in [-0.25, -0.2) is 4.68 Å². The van der Waals surface area contributed by atoms with Crippen LogP contribution in [0.25, 0.3) is 5.69 Å². The molecule has 2 amide bonds. The Bertz CT molecular complexity index is 913. The number of rotatable bonds is 5. The van der Waals surface area contributed by atoms with Gasteiger partial charge in [0, 0.05) is 50.5 Å². The standard InChI is InChI=1S/C23H31N5O3/c1-18-21(19(2)28(24-18)20-6-4-3-5-7-20)16-22(29)26-8-10-27(11-9-26)23(30)17-25-12-14-31-15-13-25/h3-7H,8-17H2,1-2H3. The summed E-state index contributed by atoms with van der Waals surface area (Å²) < 4.78 is 7.25. The Balaban J connectivity index is 1.32. The summed E-state index contributed by atoms with van der Waals surface area (Å²) >= 11 is 0. The molecule has 0 aliphatic carbocycles. The molecule has 0 bridgehead atoms. The highest BCUT2D eigenvalue weighted by molar-refractivity contribution is 5.81. The second-order valence-corrected chi connectivity index (χ2v) is 8.22. The predicted octanol–water partition coefficient (Wildman–Crippen LogP) is 1.03. The number of hydrogen-bond donors (Lipinski definition) is 0. The van der Waals surface area contributed by atoms with Gasteiger partial charge in [0.05, 0.1) is 37.6 Å². The minimum absolute atomic E-state index is 0.0964. The molecule has 1 aromatic heterocycles. The van der Waals surface area contributed by atoms with Gasteiger partial charge in [-0.1, -0.05) is 18.2 Å². The average molecular weight is 426 g/mol. The van der Waals surface area contributed by atoms with Crippen molar-refractivity contribution in [2.45, 2.75) is 20.3 Å². The molecule has 0 unspecified atom stereocenters. The number of carbonyl (C=O) groups is 2. The first-order chi connectivity index (χ1) is 15.0.